The van der Waals surface area contributed by atoms with Gasteiger partial charge in [0.1, 0.15) is 19.3 Å². The molecule has 0 heterocycles. The van der Waals surface area contributed by atoms with E-state index in [4.69, 9.17) is 37.0 Å². The second-order valence-corrected chi connectivity index (χ2v) is 32.9. The molecule has 0 aromatic heterocycles. The van der Waals surface area contributed by atoms with E-state index in [1.807, 2.05) is 0 Å². The van der Waals surface area contributed by atoms with Gasteiger partial charge in [-0.3, -0.25) is 37.3 Å². The molecule has 0 aromatic rings. The lowest BCUT2D eigenvalue weighted by atomic mass is 9.99. The number of carbonyl (C=O) groups excluding carboxylic acids is 4. The van der Waals surface area contributed by atoms with Crippen LogP contribution in [0.25, 0.3) is 0 Å². The van der Waals surface area contributed by atoms with E-state index in [1.54, 1.807) is 0 Å². The van der Waals surface area contributed by atoms with Crippen molar-refractivity contribution in [1.82, 2.24) is 0 Å². The fourth-order valence-electron chi connectivity index (χ4n) is 12.3. The van der Waals surface area contributed by atoms with Gasteiger partial charge in [-0.2, -0.15) is 0 Å². The minimum absolute atomic E-state index is 0.105. The molecule has 0 fully saturated rings. The molecule has 0 radical (unpaired) electrons. The summed E-state index contributed by atoms with van der Waals surface area (Å²) in [6, 6.07) is 0. The fourth-order valence-corrected chi connectivity index (χ4v) is 13.9. The quantitative estimate of drug-likeness (QED) is 0.0222. The molecule has 0 saturated carbocycles. The Kier molecular flexibility index (Phi) is 69.0. The van der Waals surface area contributed by atoms with Crippen LogP contribution in [-0.2, 0) is 65.4 Å². The summed E-state index contributed by atoms with van der Waals surface area (Å²) in [6.45, 7) is 11.9. The van der Waals surface area contributed by atoms with Gasteiger partial charge in [0, 0.05) is 25.7 Å². The molecule has 19 heteroatoms. The lowest BCUT2D eigenvalue weighted by Gasteiger charge is -2.21. The summed E-state index contributed by atoms with van der Waals surface area (Å²) in [7, 11) is -9.92. The zero-order chi connectivity index (χ0) is 73.0. The molecule has 0 aliphatic rings. The van der Waals surface area contributed by atoms with E-state index in [-0.39, 0.29) is 25.7 Å². The number of unbranched alkanes of at least 4 members (excludes halogenated alkanes) is 45. The number of esters is 4. The molecule has 3 N–H and O–H groups in total. The number of aliphatic hydroxyl groups is 1. The molecule has 0 amide bonds. The van der Waals surface area contributed by atoms with Crippen LogP contribution in [0.5, 0.6) is 0 Å². The van der Waals surface area contributed by atoms with Gasteiger partial charge in [0.2, 0.25) is 0 Å². The van der Waals surface area contributed by atoms with Crippen molar-refractivity contribution in [2.24, 2.45) is 17.8 Å². The van der Waals surface area contributed by atoms with Crippen LogP contribution in [0, 0.1) is 17.8 Å². The van der Waals surface area contributed by atoms with Crippen LogP contribution in [0.15, 0.2) is 0 Å². The molecule has 0 aromatic carbocycles. The topological polar surface area (TPSA) is 237 Å². The fraction of sp³-hybridized carbons (Fsp3) is 0.950. The largest absolute Gasteiger partial charge is 0.472 e. The summed E-state index contributed by atoms with van der Waals surface area (Å²) in [5.74, 6) is 0.192. The van der Waals surface area contributed by atoms with Gasteiger partial charge in [0.05, 0.1) is 26.4 Å². The normalized spacial score (nSPS) is 14.3. The number of phosphoric ester groups is 2. The van der Waals surface area contributed by atoms with Gasteiger partial charge in [-0.15, -0.1) is 0 Å². The molecule has 0 aliphatic carbocycles. The minimum atomic E-state index is -4.96. The van der Waals surface area contributed by atoms with Crippen LogP contribution in [0.2, 0.25) is 0 Å². The van der Waals surface area contributed by atoms with Crippen molar-refractivity contribution in [2.75, 3.05) is 39.6 Å². The van der Waals surface area contributed by atoms with E-state index in [1.165, 1.54) is 225 Å². The molecule has 0 bridgehead atoms. The predicted molar refractivity (Wildman–Crippen MR) is 405 cm³/mol. The van der Waals surface area contributed by atoms with Crippen molar-refractivity contribution >= 4 is 39.5 Å². The molecule has 0 rings (SSSR count). The van der Waals surface area contributed by atoms with Crippen molar-refractivity contribution in [3.63, 3.8) is 0 Å². The monoisotopic (exact) mass is 1450 g/mol. The standard InChI is InChI=1S/C80H156O17P2/c1-8-10-11-12-13-14-15-16-17-18-19-20-21-24-28-33-42-49-56-63-79(84)96-75(67-90-77(82)61-54-47-40-32-27-25-22-23-26-30-37-44-51-58-71(3)4)69-94-98(86,87)92-65-74(81)66-93-99(88,89)95-70-76(97-80(85)64-57-50-43-34-29-31-38-45-52-59-72(5)6)68-91-78(83)62-55-48-41-36-35-39-46-53-60-73(7)9-2/h71-76,81H,8-70H2,1-7H3,(H,86,87)(H,88,89)/t73?,74-,75-,76-/m1/s1. The maximum atomic E-state index is 13.1. The molecule has 17 nitrogen and oxygen atoms in total. The maximum absolute atomic E-state index is 13.1. The van der Waals surface area contributed by atoms with Crippen molar-refractivity contribution in [3.05, 3.63) is 0 Å². The molecule has 6 atom stereocenters. The van der Waals surface area contributed by atoms with Gasteiger partial charge in [0.25, 0.3) is 0 Å². The molecule has 588 valence electrons. The zero-order valence-corrected chi connectivity index (χ0v) is 66.8. The smallest absolute Gasteiger partial charge is 0.462 e. The summed E-state index contributed by atoms with van der Waals surface area (Å²) < 4.78 is 68.7. The van der Waals surface area contributed by atoms with Gasteiger partial charge < -0.3 is 33.8 Å². The van der Waals surface area contributed by atoms with Crippen LogP contribution in [0.3, 0.4) is 0 Å². The van der Waals surface area contributed by atoms with Gasteiger partial charge >= 0.3 is 39.5 Å². The third-order valence-corrected chi connectivity index (χ3v) is 20.9. The van der Waals surface area contributed by atoms with Crippen molar-refractivity contribution in [3.8, 4) is 0 Å². The highest BCUT2D eigenvalue weighted by atomic mass is 31.2. The van der Waals surface area contributed by atoms with Gasteiger partial charge in [0.15, 0.2) is 12.2 Å². The SMILES string of the molecule is CCCCCCCCCCCCCCCCCCCCCC(=O)O[C@H](COC(=O)CCCCCCCCCCCCCCCC(C)C)COP(=O)(O)OC[C@@H](O)COP(=O)(O)OC[C@@H](COC(=O)CCCCCCCCCCC(C)CC)OC(=O)CCCCCCCCCCCC(C)C. The predicted octanol–water partition coefficient (Wildman–Crippen LogP) is 23.7. The van der Waals surface area contributed by atoms with Gasteiger partial charge in [-0.1, -0.05) is 363 Å². The average Bonchev–Trinajstić information content (AvgIpc) is 2.03. The minimum Gasteiger partial charge on any atom is -0.462 e. The molecular weight excluding hydrogens is 1290 g/mol. The summed E-state index contributed by atoms with van der Waals surface area (Å²) in [5.41, 5.74) is 0. The van der Waals surface area contributed by atoms with Crippen LogP contribution in [0.4, 0.5) is 0 Å². The number of phosphoric acid groups is 2. The van der Waals surface area contributed by atoms with Crippen molar-refractivity contribution in [2.45, 2.75) is 433 Å². The Morgan fingerprint density at radius 3 is 0.768 bits per heavy atom. The molecular formula is C80H156O17P2. The number of aliphatic hydroxyl groups excluding tert-OH is 1. The van der Waals surface area contributed by atoms with Crippen LogP contribution in [0.1, 0.15) is 414 Å². The Morgan fingerprint density at radius 1 is 0.293 bits per heavy atom. The van der Waals surface area contributed by atoms with E-state index in [9.17, 15) is 43.2 Å². The lowest BCUT2D eigenvalue weighted by Crippen LogP contribution is -2.30. The third kappa shape index (κ3) is 72.8. The highest BCUT2D eigenvalue weighted by Crippen LogP contribution is 2.45. The Bertz CT molecular complexity index is 1920. The number of hydrogen-bond donors (Lipinski definition) is 3. The van der Waals surface area contributed by atoms with Crippen molar-refractivity contribution < 1.29 is 80.2 Å². The molecule has 99 heavy (non-hydrogen) atoms. The number of carbonyl (C=O) groups is 4. The first-order valence-corrected chi connectivity index (χ1v) is 44.4. The average molecular weight is 1450 g/mol. The summed E-state index contributed by atoms with van der Waals surface area (Å²) in [4.78, 5) is 73.0. The molecule has 0 aliphatic heterocycles. The van der Waals surface area contributed by atoms with Gasteiger partial charge in [-0.05, 0) is 43.4 Å². The van der Waals surface area contributed by atoms with E-state index >= 15 is 0 Å². The Labute approximate surface area is 607 Å². The molecule has 0 spiro atoms. The van der Waals surface area contributed by atoms with Crippen LogP contribution < -0.4 is 0 Å². The Balaban J connectivity index is 5.25. The second kappa shape index (κ2) is 70.4. The molecule has 3 unspecified atom stereocenters. The zero-order valence-electron chi connectivity index (χ0n) is 65.0. The van der Waals surface area contributed by atoms with Gasteiger partial charge in [-0.25, -0.2) is 9.13 Å². The summed E-state index contributed by atoms with van der Waals surface area (Å²) in [6.07, 6.45) is 58.2. The number of rotatable bonds is 78. The lowest BCUT2D eigenvalue weighted by molar-refractivity contribution is -0.161. The highest BCUT2D eigenvalue weighted by molar-refractivity contribution is 7.47. The Hall–Kier alpha value is -1.94. The van der Waals surface area contributed by atoms with Crippen molar-refractivity contribution in [1.29, 1.82) is 0 Å². The van der Waals surface area contributed by atoms with E-state index in [0.717, 1.165) is 108 Å². The second-order valence-electron chi connectivity index (χ2n) is 30.0. The summed E-state index contributed by atoms with van der Waals surface area (Å²) >= 11 is 0. The van der Waals surface area contributed by atoms with Crippen LogP contribution >= 0.6 is 15.6 Å². The van der Waals surface area contributed by atoms with E-state index < -0.39 is 97.5 Å². The molecule has 0 saturated heterocycles. The summed E-state index contributed by atoms with van der Waals surface area (Å²) in [5, 5.41) is 10.6. The van der Waals surface area contributed by atoms with Crippen LogP contribution in [-0.4, -0.2) is 96.7 Å². The van der Waals surface area contributed by atoms with E-state index in [0.29, 0.717) is 25.7 Å². The van der Waals surface area contributed by atoms with E-state index in [2.05, 4.69) is 48.5 Å². The number of ether oxygens (including phenoxy) is 4. The first kappa shape index (κ1) is 97.1. The maximum Gasteiger partial charge on any atom is 0.472 e. The first-order chi connectivity index (χ1) is 47.8. The third-order valence-electron chi connectivity index (χ3n) is 19.0. The highest BCUT2D eigenvalue weighted by Gasteiger charge is 2.30. The number of hydrogen-bond acceptors (Lipinski definition) is 15. The Morgan fingerprint density at radius 2 is 0.515 bits per heavy atom. The first-order valence-electron chi connectivity index (χ1n) is 41.4.